The molecule has 2 aliphatic rings. The molecule has 0 N–H and O–H groups in total. The van der Waals surface area contributed by atoms with Gasteiger partial charge < -0.3 is 19.1 Å². The maximum atomic E-state index is 6.00. The molecule has 2 aliphatic heterocycles. The van der Waals surface area contributed by atoms with Gasteiger partial charge in [-0.2, -0.15) is 0 Å². The fourth-order valence-corrected chi connectivity index (χ4v) is 3.72. The van der Waals surface area contributed by atoms with E-state index in [1.54, 1.807) is 19.6 Å². The van der Waals surface area contributed by atoms with Gasteiger partial charge in [0.05, 0.1) is 25.2 Å². The van der Waals surface area contributed by atoms with Gasteiger partial charge >= 0.3 is 0 Å². The monoisotopic (exact) mass is 342 g/mol. The Hall–Kier alpha value is -2.41. The third-order valence-corrected chi connectivity index (χ3v) is 5.07. The first kappa shape index (κ1) is 16.1. The van der Waals surface area contributed by atoms with Crippen LogP contribution in [0.2, 0.25) is 0 Å². The topological polar surface area (TPSA) is 69.6 Å². The number of fused-ring (bicyclic) bond motifs is 1. The van der Waals surface area contributed by atoms with Crippen molar-refractivity contribution in [1.29, 1.82) is 0 Å². The highest BCUT2D eigenvalue weighted by Crippen LogP contribution is 2.42. The second-order valence-electron chi connectivity index (χ2n) is 6.56. The predicted molar refractivity (Wildman–Crippen MR) is 91.9 cm³/mol. The van der Waals surface area contributed by atoms with Crippen molar-refractivity contribution >= 4 is 5.82 Å². The summed E-state index contributed by atoms with van der Waals surface area (Å²) in [6.07, 6.45) is 5.44. The Morgan fingerprint density at radius 3 is 3.08 bits per heavy atom. The average molecular weight is 342 g/mol. The number of aromatic nitrogens is 3. The molecule has 0 unspecified atom stereocenters. The van der Waals surface area contributed by atoms with Gasteiger partial charge in [0.1, 0.15) is 12.1 Å². The molecule has 2 aromatic heterocycles. The van der Waals surface area contributed by atoms with Crippen molar-refractivity contribution in [3.8, 4) is 11.8 Å². The van der Waals surface area contributed by atoms with Crippen LogP contribution in [0.15, 0.2) is 36.8 Å². The van der Waals surface area contributed by atoms with Gasteiger partial charge in [-0.1, -0.05) is 6.07 Å². The zero-order valence-corrected chi connectivity index (χ0v) is 14.3. The molecule has 0 amide bonds. The van der Waals surface area contributed by atoms with E-state index in [2.05, 4.69) is 19.9 Å². The number of anilines is 1. The summed E-state index contributed by atoms with van der Waals surface area (Å²) in [5.41, 5.74) is -0.0477. The maximum absolute atomic E-state index is 6.00. The number of hydrogen-bond acceptors (Lipinski definition) is 7. The summed E-state index contributed by atoms with van der Waals surface area (Å²) < 4.78 is 17.2. The summed E-state index contributed by atoms with van der Waals surface area (Å²) in [5, 5.41) is 0. The molecule has 0 bridgehead atoms. The van der Waals surface area contributed by atoms with Gasteiger partial charge in [0.25, 0.3) is 0 Å². The highest BCUT2D eigenvalue weighted by molar-refractivity contribution is 5.42. The van der Waals surface area contributed by atoms with Gasteiger partial charge in [-0.05, 0) is 18.9 Å². The Morgan fingerprint density at radius 1 is 1.28 bits per heavy atom. The minimum atomic E-state index is -0.0477. The van der Waals surface area contributed by atoms with Crippen LogP contribution in [-0.2, 0) is 4.74 Å². The lowest BCUT2D eigenvalue weighted by molar-refractivity contribution is 0.00729. The van der Waals surface area contributed by atoms with Crippen LogP contribution in [0.4, 0.5) is 5.82 Å². The van der Waals surface area contributed by atoms with E-state index in [0.29, 0.717) is 18.4 Å². The SMILES string of the molecule is COc1cc(N2CC[C@H]3OCC[C@@]3(COc3ccccn3)C2)ncn1. The van der Waals surface area contributed by atoms with Crippen molar-refractivity contribution < 1.29 is 14.2 Å². The fraction of sp³-hybridized carbons (Fsp3) is 0.500. The van der Waals surface area contributed by atoms with Crippen LogP contribution in [0.5, 0.6) is 11.8 Å². The van der Waals surface area contributed by atoms with Gasteiger partial charge in [0.15, 0.2) is 0 Å². The molecule has 4 rings (SSSR count). The van der Waals surface area contributed by atoms with Crippen molar-refractivity contribution in [2.45, 2.75) is 18.9 Å². The minimum Gasteiger partial charge on any atom is -0.481 e. The quantitative estimate of drug-likeness (QED) is 0.822. The molecule has 2 aromatic rings. The molecular formula is C18H22N4O3. The van der Waals surface area contributed by atoms with E-state index in [4.69, 9.17) is 14.2 Å². The molecule has 0 saturated carbocycles. The smallest absolute Gasteiger partial charge is 0.218 e. The van der Waals surface area contributed by atoms with Gasteiger partial charge in [0.2, 0.25) is 11.8 Å². The first-order valence-electron chi connectivity index (χ1n) is 8.55. The number of hydrogen-bond donors (Lipinski definition) is 0. The molecule has 2 saturated heterocycles. The van der Waals surface area contributed by atoms with Gasteiger partial charge in [-0.3, -0.25) is 0 Å². The molecule has 4 heterocycles. The molecule has 0 aliphatic carbocycles. The first-order chi connectivity index (χ1) is 12.3. The first-order valence-corrected chi connectivity index (χ1v) is 8.55. The van der Waals surface area contributed by atoms with Crippen LogP contribution in [0.3, 0.4) is 0 Å². The number of methoxy groups -OCH3 is 1. The van der Waals surface area contributed by atoms with Crippen LogP contribution in [0.25, 0.3) is 0 Å². The zero-order valence-electron chi connectivity index (χ0n) is 14.3. The largest absolute Gasteiger partial charge is 0.481 e. The molecule has 7 nitrogen and oxygen atoms in total. The standard InChI is InChI=1S/C18H22N4O3/c1-23-17-10-15(20-13-21-17)22-8-5-14-18(11-22,6-9-24-14)12-25-16-4-2-3-7-19-16/h2-4,7,10,13-14H,5-6,8-9,11-12H2,1H3/t14-,18+/m1/s1. The molecule has 132 valence electrons. The minimum absolute atomic E-state index is 0.0477. The zero-order chi connectivity index (χ0) is 17.1. The number of nitrogens with zero attached hydrogens (tertiary/aromatic N) is 4. The lowest BCUT2D eigenvalue weighted by Gasteiger charge is -2.43. The summed E-state index contributed by atoms with van der Waals surface area (Å²) in [5.74, 6) is 2.12. The van der Waals surface area contributed by atoms with Crippen molar-refractivity contribution in [2.24, 2.45) is 5.41 Å². The molecule has 25 heavy (non-hydrogen) atoms. The highest BCUT2D eigenvalue weighted by Gasteiger charge is 2.49. The number of pyridine rings is 1. The molecule has 2 atom stereocenters. The molecule has 0 radical (unpaired) electrons. The molecule has 0 spiro atoms. The van der Waals surface area contributed by atoms with Crippen LogP contribution in [0.1, 0.15) is 12.8 Å². The van der Waals surface area contributed by atoms with E-state index < -0.39 is 0 Å². The normalized spacial score (nSPS) is 25.5. The van der Waals surface area contributed by atoms with E-state index in [1.807, 2.05) is 24.3 Å². The number of piperidine rings is 1. The summed E-state index contributed by atoms with van der Waals surface area (Å²) in [6.45, 7) is 3.10. The van der Waals surface area contributed by atoms with E-state index >= 15 is 0 Å². The number of ether oxygens (including phenoxy) is 3. The third-order valence-electron chi connectivity index (χ3n) is 5.07. The lowest BCUT2D eigenvalue weighted by atomic mass is 9.77. The van der Waals surface area contributed by atoms with Crippen LogP contribution < -0.4 is 14.4 Å². The lowest BCUT2D eigenvalue weighted by Crippen LogP contribution is -2.52. The van der Waals surface area contributed by atoms with Crippen LogP contribution >= 0.6 is 0 Å². The van der Waals surface area contributed by atoms with Gasteiger partial charge in [-0.25, -0.2) is 15.0 Å². The van der Waals surface area contributed by atoms with E-state index in [-0.39, 0.29) is 11.5 Å². The Labute approximate surface area is 147 Å². The molecule has 2 fully saturated rings. The summed E-state index contributed by atoms with van der Waals surface area (Å²) in [7, 11) is 1.62. The Morgan fingerprint density at radius 2 is 2.24 bits per heavy atom. The molecule has 0 aromatic carbocycles. The van der Waals surface area contributed by atoms with Crippen molar-refractivity contribution in [3.63, 3.8) is 0 Å². The third kappa shape index (κ3) is 3.24. The van der Waals surface area contributed by atoms with E-state index in [9.17, 15) is 0 Å². The summed E-state index contributed by atoms with van der Waals surface area (Å²) in [6, 6.07) is 7.58. The summed E-state index contributed by atoms with van der Waals surface area (Å²) in [4.78, 5) is 15.0. The van der Waals surface area contributed by atoms with Crippen LogP contribution in [0, 0.1) is 5.41 Å². The number of rotatable bonds is 5. The Balaban J connectivity index is 1.52. The Bertz CT molecular complexity index is 714. The van der Waals surface area contributed by atoms with Gasteiger partial charge in [-0.15, -0.1) is 0 Å². The second-order valence-corrected chi connectivity index (χ2v) is 6.56. The average Bonchev–Trinajstić information content (AvgIpc) is 3.10. The van der Waals surface area contributed by atoms with E-state index in [0.717, 1.165) is 38.4 Å². The van der Waals surface area contributed by atoms with Crippen molar-refractivity contribution in [2.75, 3.05) is 38.3 Å². The Kier molecular flexibility index (Phi) is 4.40. The fourth-order valence-electron chi connectivity index (χ4n) is 3.72. The molecular weight excluding hydrogens is 320 g/mol. The van der Waals surface area contributed by atoms with Crippen LogP contribution in [-0.4, -0.2) is 54.5 Å². The van der Waals surface area contributed by atoms with E-state index in [1.165, 1.54) is 0 Å². The predicted octanol–water partition coefficient (Wildman–Crippen LogP) is 1.94. The maximum Gasteiger partial charge on any atom is 0.218 e. The van der Waals surface area contributed by atoms with Crippen molar-refractivity contribution in [3.05, 3.63) is 36.8 Å². The van der Waals surface area contributed by atoms with Gasteiger partial charge in [0, 0.05) is 38.0 Å². The van der Waals surface area contributed by atoms with Crippen molar-refractivity contribution in [1.82, 2.24) is 15.0 Å². The highest BCUT2D eigenvalue weighted by atomic mass is 16.5. The molecule has 7 heteroatoms. The summed E-state index contributed by atoms with van der Waals surface area (Å²) >= 11 is 0. The second kappa shape index (κ2) is 6.84.